The van der Waals surface area contributed by atoms with Crippen molar-refractivity contribution in [3.8, 4) is 0 Å². The molecule has 2 N–H and O–H groups in total. The molecule has 1 aromatic carbocycles. The number of hydrogen-bond acceptors (Lipinski definition) is 5. The van der Waals surface area contributed by atoms with Crippen LogP contribution in [-0.2, 0) is 4.74 Å². The molecule has 1 saturated heterocycles. The number of halogens is 4. The van der Waals surface area contributed by atoms with Crippen molar-refractivity contribution in [2.24, 2.45) is 0 Å². The summed E-state index contributed by atoms with van der Waals surface area (Å²) in [5.41, 5.74) is 0.734. The highest BCUT2D eigenvalue weighted by Gasteiger charge is 2.38. The van der Waals surface area contributed by atoms with E-state index >= 15 is 0 Å². The standard InChI is InChI=1S/C12H10Cl4N2O4/c13-4-1-5-10(9(15)8(4)14)17-12(16)18(5)22-7-3-21-6(2-19)11(7)20/h1,6-7,11,19-20H,2-3H2/t6-,7+,11-/m1/s1. The summed E-state index contributed by atoms with van der Waals surface area (Å²) in [7, 11) is 0. The zero-order valence-corrected chi connectivity index (χ0v) is 13.9. The second kappa shape index (κ2) is 6.20. The van der Waals surface area contributed by atoms with Crippen molar-refractivity contribution in [3.05, 3.63) is 26.4 Å². The van der Waals surface area contributed by atoms with Crippen LogP contribution in [0.5, 0.6) is 0 Å². The predicted molar refractivity (Wildman–Crippen MR) is 83.0 cm³/mol. The Labute approximate surface area is 145 Å². The van der Waals surface area contributed by atoms with Gasteiger partial charge in [-0.2, -0.15) is 4.73 Å². The van der Waals surface area contributed by atoms with Crippen LogP contribution >= 0.6 is 46.4 Å². The third-order valence-corrected chi connectivity index (χ3v) is 4.85. The lowest BCUT2D eigenvalue weighted by Crippen LogP contribution is -2.39. The summed E-state index contributed by atoms with van der Waals surface area (Å²) in [6.45, 7) is -0.218. The van der Waals surface area contributed by atoms with E-state index < -0.39 is 18.3 Å². The van der Waals surface area contributed by atoms with Crippen LogP contribution in [0.15, 0.2) is 6.07 Å². The summed E-state index contributed by atoms with van der Waals surface area (Å²) in [5.74, 6) is 0. The van der Waals surface area contributed by atoms with Crippen LogP contribution in [0.1, 0.15) is 0 Å². The molecule has 3 rings (SSSR count). The molecule has 10 heteroatoms. The summed E-state index contributed by atoms with van der Waals surface area (Å²) in [6.07, 6.45) is -2.43. The molecule has 0 amide bonds. The van der Waals surface area contributed by atoms with Gasteiger partial charge in [-0.3, -0.25) is 0 Å². The van der Waals surface area contributed by atoms with E-state index in [-0.39, 0.29) is 33.6 Å². The van der Waals surface area contributed by atoms with E-state index in [0.717, 1.165) is 0 Å². The minimum atomic E-state index is -1.00. The van der Waals surface area contributed by atoms with Crippen LogP contribution in [0.2, 0.25) is 20.4 Å². The second-order valence-electron chi connectivity index (χ2n) is 4.72. The van der Waals surface area contributed by atoms with Gasteiger partial charge in [-0.05, 0) is 17.7 Å². The van der Waals surface area contributed by atoms with Crippen molar-refractivity contribution in [1.82, 2.24) is 9.71 Å². The third kappa shape index (κ3) is 2.63. The molecule has 0 radical (unpaired) electrons. The fourth-order valence-corrected chi connectivity index (χ4v) is 3.06. The molecule has 1 aliphatic heterocycles. The summed E-state index contributed by atoms with van der Waals surface area (Å²) in [6, 6.07) is 1.51. The van der Waals surface area contributed by atoms with Crippen LogP contribution in [0, 0.1) is 0 Å². The average molecular weight is 388 g/mol. The maximum absolute atomic E-state index is 10.0. The number of nitrogens with zero attached hydrogens (tertiary/aromatic N) is 2. The SMILES string of the molecule is OC[C@H]1OC[C@H](On2c(Cl)nc3c(Cl)c(Cl)c(Cl)cc32)[C@@H]1O. The molecule has 0 bridgehead atoms. The van der Waals surface area contributed by atoms with Gasteiger partial charge in [0.1, 0.15) is 23.2 Å². The van der Waals surface area contributed by atoms with Gasteiger partial charge < -0.3 is 19.8 Å². The molecule has 0 saturated carbocycles. The maximum atomic E-state index is 10.0. The maximum Gasteiger partial charge on any atom is 0.237 e. The van der Waals surface area contributed by atoms with Gasteiger partial charge in [0.15, 0.2) is 6.10 Å². The molecule has 2 aromatic rings. The minimum absolute atomic E-state index is 0.00474. The first kappa shape index (κ1) is 16.4. The van der Waals surface area contributed by atoms with E-state index in [1.54, 1.807) is 0 Å². The van der Waals surface area contributed by atoms with E-state index in [9.17, 15) is 5.11 Å². The van der Waals surface area contributed by atoms with Crippen LogP contribution in [0.3, 0.4) is 0 Å². The second-order valence-corrected chi connectivity index (χ2v) is 6.22. The number of imidazole rings is 1. The van der Waals surface area contributed by atoms with Gasteiger partial charge in [-0.15, -0.1) is 0 Å². The summed E-state index contributed by atoms with van der Waals surface area (Å²) >= 11 is 24.1. The quantitative estimate of drug-likeness (QED) is 0.789. The normalized spacial score (nSPS) is 25.1. The Morgan fingerprint density at radius 2 is 2.05 bits per heavy atom. The Hall–Kier alpha value is -0.470. The summed E-state index contributed by atoms with van der Waals surface area (Å²) < 4.78 is 6.42. The Kier molecular flexibility index (Phi) is 4.62. The number of aliphatic hydroxyl groups is 2. The molecule has 1 aromatic heterocycles. The van der Waals surface area contributed by atoms with E-state index in [4.69, 9.17) is 61.1 Å². The number of fused-ring (bicyclic) bond motifs is 1. The Bertz CT molecular complexity index is 723. The summed E-state index contributed by atoms with van der Waals surface area (Å²) in [5, 5.41) is 19.6. The number of aromatic nitrogens is 2. The lowest BCUT2D eigenvalue weighted by Gasteiger charge is -2.18. The van der Waals surface area contributed by atoms with E-state index in [1.165, 1.54) is 10.8 Å². The molecule has 22 heavy (non-hydrogen) atoms. The molecule has 0 unspecified atom stereocenters. The highest BCUT2D eigenvalue weighted by Crippen LogP contribution is 2.37. The number of ether oxygens (including phenoxy) is 1. The highest BCUT2D eigenvalue weighted by atomic mass is 35.5. The topological polar surface area (TPSA) is 76.7 Å². The van der Waals surface area contributed by atoms with E-state index in [2.05, 4.69) is 4.98 Å². The number of benzene rings is 1. The number of aliphatic hydroxyl groups excluding tert-OH is 2. The van der Waals surface area contributed by atoms with Gasteiger partial charge in [0, 0.05) is 0 Å². The van der Waals surface area contributed by atoms with E-state index in [1.807, 2.05) is 0 Å². The number of rotatable bonds is 3. The zero-order chi connectivity index (χ0) is 16.0. The van der Waals surface area contributed by atoms with Gasteiger partial charge in [-0.25, -0.2) is 4.98 Å². The highest BCUT2D eigenvalue weighted by molar-refractivity contribution is 6.50. The Morgan fingerprint density at radius 1 is 1.32 bits per heavy atom. The van der Waals surface area contributed by atoms with Crippen molar-refractivity contribution in [3.63, 3.8) is 0 Å². The van der Waals surface area contributed by atoms with Gasteiger partial charge >= 0.3 is 0 Å². The van der Waals surface area contributed by atoms with Gasteiger partial charge in [0.05, 0.1) is 28.3 Å². The van der Waals surface area contributed by atoms with Gasteiger partial charge in [-0.1, -0.05) is 34.8 Å². The fraction of sp³-hybridized carbons (Fsp3) is 0.417. The van der Waals surface area contributed by atoms with Gasteiger partial charge in [0.2, 0.25) is 5.28 Å². The largest absolute Gasteiger partial charge is 0.402 e. The molecule has 1 aliphatic rings. The minimum Gasteiger partial charge on any atom is -0.402 e. The summed E-state index contributed by atoms with van der Waals surface area (Å²) in [4.78, 5) is 9.71. The lowest BCUT2D eigenvalue weighted by molar-refractivity contribution is -0.0301. The molecule has 0 spiro atoms. The first-order valence-corrected chi connectivity index (χ1v) is 7.74. The van der Waals surface area contributed by atoms with E-state index in [0.29, 0.717) is 11.0 Å². The van der Waals surface area contributed by atoms with Crippen LogP contribution < -0.4 is 4.84 Å². The fourth-order valence-electron chi connectivity index (χ4n) is 2.22. The molecule has 0 aliphatic carbocycles. The zero-order valence-electron chi connectivity index (χ0n) is 10.8. The molecule has 6 nitrogen and oxygen atoms in total. The number of hydrogen-bond donors (Lipinski definition) is 2. The van der Waals surface area contributed by atoms with Crippen molar-refractivity contribution >= 4 is 57.4 Å². The predicted octanol–water partition coefficient (Wildman–Crippen LogP) is 2.20. The lowest BCUT2D eigenvalue weighted by atomic mass is 10.2. The molecule has 3 atom stereocenters. The monoisotopic (exact) mass is 386 g/mol. The van der Waals surface area contributed by atoms with Gasteiger partial charge in [0.25, 0.3) is 0 Å². The van der Waals surface area contributed by atoms with Crippen molar-refractivity contribution in [2.45, 2.75) is 18.3 Å². The van der Waals surface area contributed by atoms with Crippen molar-refractivity contribution in [1.29, 1.82) is 0 Å². The third-order valence-electron chi connectivity index (χ3n) is 3.36. The molecular weight excluding hydrogens is 378 g/mol. The van der Waals surface area contributed by atoms with Crippen LogP contribution in [-0.4, -0.2) is 51.5 Å². The molecular formula is C12H10Cl4N2O4. The first-order chi connectivity index (χ1) is 10.4. The van der Waals surface area contributed by atoms with Crippen molar-refractivity contribution in [2.75, 3.05) is 13.2 Å². The van der Waals surface area contributed by atoms with Crippen LogP contribution in [0.4, 0.5) is 0 Å². The first-order valence-electron chi connectivity index (χ1n) is 6.23. The average Bonchev–Trinajstić information content (AvgIpc) is 2.99. The van der Waals surface area contributed by atoms with Crippen LogP contribution in [0.25, 0.3) is 11.0 Å². The Morgan fingerprint density at radius 3 is 2.68 bits per heavy atom. The molecule has 1 fully saturated rings. The molecule has 2 heterocycles. The molecule has 120 valence electrons. The Balaban J connectivity index is 2.00. The smallest absolute Gasteiger partial charge is 0.237 e. The van der Waals surface area contributed by atoms with Crippen molar-refractivity contribution < 1.29 is 19.8 Å².